The van der Waals surface area contributed by atoms with E-state index in [1.807, 2.05) is 6.07 Å². The summed E-state index contributed by atoms with van der Waals surface area (Å²) in [6, 6.07) is 9.05. The van der Waals surface area contributed by atoms with Crippen LogP contribution in [0.2, 0.25) is 0 Å². The number of carboxylic acid groups (broad SMARTS) is 1. The van der Waals surface area contributed by atoms with Crippen LogP contribution < -0.4 is 10.6 Å². The van der Waals surface area contributed by atoms with Crippen molar-refractivity contribution in [2.45, 2.75) is 38.2 Å². The number of hydrogen-bond acceptors (Lipinski definition) is 12. The Balaban J connectivity index is 0.000000924. The molecule has 4 N–H and O–H groups in total. The van der Waals surface area contributed by atoms with Gasteiger partial charge in [-0.25, -0.2) is 14.8 Å². The van der Waals surface area contributed by atoms with Crippen LogP contribution in [0, 0.1) is 0 Å². The molecule has 0 bridgehead atoms. The predicted molar refractivity (Wildman–Crippen MR) is 163 cm³/mol. The number of anilines is 1. The molecule has 0 spiro atoms. The summed E-state index contributed by atoms with van der Waals surface area (Å²) in [6.45, 7) is 4.51. The maximum atomic E-state index is 13.4. The van der Waals surface area contributed by atoms with Crippen molar-refractivity contribution < 1.29 is 64.7 Å². The summed E-state index contributed by atoms with van der Waals surface area (Å²) >= 11 is 0. The zero-order valence-electron chi connectivity index (χ0n) is 26.3. The number of hydrogen-bond donors (Lipinski definition) is 4. The van der Waals surface area contributed by atoms with Crippen molar-refractivity contribution in [2.24, 2.45) is 0 Å². The number of nitrogens with one attached hydrogen (secondary N) is 2. The minimum Gasteiger partial charge on any atom is -0.481 e. The summed E-state index contributed by atoms with van der Waals surface area (Å²) in [7, 11) is -5.84. The second kappa shape index (κ2) is 18.5. The van der Waals surface area contributed by atoms with Crippen molar-refractivity contribution in [1.29, 1.82) is 0 Å². The minimum atomic E-state index is -5.84. The van der Waals surface area contributed by atoms with Gasteiger partial charge in [0.05, 0.1) is 13.2 Å². The van der Waals surface area contributed by atoms with E-state index in [2.05, 4.69) is 20.6 Å². The van der Waals surface area contributed by atoms with Crippen LogP contribution in [-0.4, -0.2) is 125 Å². The van der Waals surface area contributed by atoms with E-state index in [1.54, 1.807) is 38.1 Å². The summed E-state index contributed by atoms with van der Waals surface area (Å²) in [5.41, 5.74) is -5.02. The molecule has 1 saturated heterocycles. The molecule has 270 valence electrons. The number of nitrogens with zero attached hydrogens (tertiary/aromatic N) is 4. The van der Waals surface area contributed by atoms with Gasteiger partial charge in [0.2, 0.25) is 5.91 Å². The number of rotatable bonds is 12. The fourth-order valence-corrected chi connectivity index (χ4v) is 4.05. The van der Waals surface area contributed by atoms with Crippen molar-refractivity contribution in [2.75, 3.05) is 51.3 Å². The third-order valence-corrected chi connectivity index (χ3v) is 6.96. The van der Waals surface area contributed by atoms with Crippen molar-refractivity contribution >= 4 is 45.8 Å². The summed E-state index contributed by atoms with van der Waals surface area (Å²) in [4.78, 5) is 73.6. The monoisotopic (exact) mass is 720 g/mol. The van der Waals surface area contributed by atoms with Crippen LogP contribution in [0.3, 0.4) is 0 Å². The van der Waals surface area contributed by atoms with E-state index in [4.69, 9.17) is 22.4 Å². The number of esters is 1. The van der Waals surface area contributed by atoms with Crippen molar-refractivity contribution in [3.8, 4) is 11.4 Å². The topological polar surface area (TPSA) is 235 Å². The molecule has 3 rings (SSSR count). The average molecular weight is 721 g/mol. The molecule has 1 aromatic heterocycles. The number of carbonyl (C=O) groups is 5. The Bertz CT molecular complexity index is 1570. The van der Waals surface area contributed by atoms with Gasteiger partial charge in [0.1, 0.15) is 24.1 Å². The van der Waals surface area contributed by atoms with E-state index < -0.39 is 51.5 Å². The summed E-state index contributed by atoms with van der Waals surface area (Å²) in [5.74, 6) is -2.45. The molecule has 2 aromatic rings. The van der Waals surface area contributed by atoms with E-state index in [9.17, 15) is 42.3 Å². The largest absolute Gasteiger partial charge is 0.522 e. The van der Waals surface area contributed by atoms with Gasteiger partial charge in [-0.05, 0) is 20.3 Å². The molecule has 1 aliphatic heterocycles. The molecular weight excluding hydrogens is 685 g/mol. The maximum absolute atomic E-state index is 13.4. The number of amides is 3. The highest BCUT2D eigenvalue weighted by Gasteiger charge is 2.44. The smallest absolute Gasteiger partial charge is 0.481 e. The van der Waals surface area contributed by atoms with Crippen LogP contribution in [0.4, 0.5) is 23.8 Å². The molecule has 21 heteroatoms. The second-order valence-electron chi connectivity index (χ2n) is 9.88. The van der Waals surface area contributed by atoms with E-state index in [0.717, 1.165) is 0 Å². The molecule has 17 nitrogen and oxygen atoms in total. The molecule has 0 saturated carbocycles. The van der Waals surface area contributed by atoms with Gasteiger partial charge in [-0.1, -0.05) is 30.3 Å². The van der Waals surface area contributed by atoms with Gasteiger partial charge in [-0.15, -0.1) is 0 Å². The molecular formula is C28H35F3N6O11S. The molecule has 1 fully saturated rings. The van der Waals surface area contributed by atoms with E-state index in [-0.39, 0.29) is 76.1 Å². The van der Waals surface area contributed by atoms with Gasteiger partial charge in [0.25, 0.3) is 5.91 Å². The van der Waals surface area contributed by atoms with Crippen LogP contribution in [0.1, 0.15) is 37.2 Å². The van der Waals surface area contributed by atoms with E-state index in [1.165, 1.54) is 15.9 Å². The number of ether oxygens (including phenoxy) is 2. The third kappa shape index (κ3) is 13.2. The first-order valence-electron chi connectivity index (χ1n) is 14.6. The number of benzene rings is 1. The van der Waals surface area contributed by atoms with Crippen molar-refractivity contribution in [3.05, 3.63) is 42.1 Å². The normalized spacial score (nSPS) is 13.7. The first-order chi connectivity index (χ1) is 23.0. The molecule has 0 unspecified atom stereocenters. The number of carbonyl (C=O) groups excluding carboxylic acids is 4. The van der Waals surface area contributed by atoms with Gasteiger partial charge < -0.3 is 35.0 Å². The number of aromatic nitrogens is 2. The zero-order chi connectivity index (χ0) is 36.8. The molecule has 0 radical (unpaired) electrons. The average Bonchev–Trinajstić information content (AvgIpc) is 3.05. The number of halogens is 3. The summed E-state index contributed by atoms with van der Waals surface area (Å²) in [5, 5.41) is 14.7. The number of carboxylic acids is 1. The molecule has 1 aromatic carbocycles. The minimum absolute atomic E-state index is 0.0922. The molecule has 1 atom stereocenters. The second-order valence-corrected chi connectivity index (χ2v) is 11.3. The lowest BCUT2D eigenvalue weighted by Gasteiger charge is -2.35. The molecule has 49 heavy (non-hydrogen) atoms. The number of aliphatic carboxylic acids is 1. The van der Waals surface area contributed by atoms with Gasteiger partial charge >= 0.3 is 33.7 Å². The van der Waals surface area contributed by atoms with E-state index >= 15 is 0 Å². The maximum Gasteiger partial charge on any atom is 0.522 e. The van der Waals surface area contributed by atoms with Crippen LogP contribution >= 0.6 is 0 Å². The quantitative estimate of drug-likeness (QED) is 0.139. The lowest BCUT2D eigenvalue weighted by Crippen LogP contribution is -2.56. The van der Waals surface area contributed by atoms with Crippen LogP contribution in [-0.2, 0) is 34.0 Å². The van der Waals surface area contributed by atoms with Crippen molar-refractivity contribution in [3.63, 3.8) is 0 Å². The molecule has 1 aliphatic rings. The Morgan fingerprint density at radius 2 is 1.53 bits per heavy atom. The van der Waals surface area contributed by atoms with Crippen LogP contribution in [0.5, 0.6) is 0 Å². The highest BCUT2D eigenvalue weighted by Crippen LogP contribution is 2.21. The SMILES string of the molecule is CCOC(=O)CNc1cc(C(=O)N[C@@H](CCC(=O)O)C(=O)N2CCN(C(=O)OCC)CC2)nc(-c2ccccc2)n1.O=S(=O)(O)C(F)(F)F. The van der Waals surface area contributed by atoms with E-state index in [0.29, 0.717) is 5.56 Å². The highest BCUT2D eigenvalue weighted by atomic mass is 32.2. The standard InChI is InChI=1S/C27H34N6O8.CHF3O3S/c1-3-40-23(36)17-28-21-16-20(29-24(31-21)18-8-6-5-7-9-18)25(37)30-19(10-11-22(34)35)26(38)32-12-14-33(15-13-32)27(39)41-4-2;2-1(3,4)8(5,6)7/h5-9,16,19H,3-4,10-15,17H2,1-2H3,(H,30,37)(H,34,35)(H,28,29,31);(H,5,6,7)/t19-;/m0./s1. The van der Waals surface area contributed by atoms with Gasteiger partial charge in [0, 0.05) is 44.2 Å². The van der Waals surface area contributed by atoms with Crippen molar-refractivity contribution in [1.82, 2.24) is 25.1 Å². The fourth-order valence-electron chi connectivity index (χ4n) is 4.05. The first-order valence-corrected chi connectivity index (χ1v) is 16.0. The third-order valence-electron chi connectivity index (χ3n) is 6.37. The van der Waals surface area contributed by atoms with Gasteiger partial charge in [-0.2, -0.15) is 21.6 Å². The summed E-state index contributed by atoms with van der Waals surface area (Å²) in [6.07, 6.45) is -0.978. The van der Waals surface area contributed by atoms with Crippen LogP contribution in [0.25, 0.3) is 11.4 Å². The lowest BCUT2D eigenvalue weighted by atomic mass is 10.1. The Morgan fingerprint density at radius 1 is 0.959 bits per heavy atom. The number of alkyl halides is 3. The Hall–Kier alpha value is -5.05. The predicted octanol–water partition coefficient (Wildman–Crippen LogP) is 1.78. The fraction of sp³-hybridized carbons (Fsp3) is 0.464. The molecule has 0 aliphatic carbocycles. The zero-order valence-corrected chi connectivity index (χ0v) is 27.1. The first kappa shape index (κ1) is 40.1. The Labute approximate surface area is 278 Å². The highest BCUT2D eigenvalue weighted by molar-refractivity contribution is 7.86. The summed E-state index contributed by atoms with van der Waals surface area (Å²) < 4.78 is 67.5. The van der Waals surface area contributed by atoms with Gasteiger partial charge in [0.15, 0.2) is 5.82 Å². The molecule has 2 heterocycles. The van der Waals surface area contributed by atoms with Crippen LogP contribution in [0.15, 0.2) is 36.4 Å². The Morgan fingerprint density at radius 3 is 2.06 bits per heavy atom. The number of piperazine rings is 1. The van der Waals surface area contributed by atoms with Gasteiger partial charge in [-0.3, -0.25) is 23.7 Å². The lowest BCUT2D eigenvalue weighted by molar-refractivity contribution is -0.141. The Kier molecular flexibility index (Phi) is 15.1. The molecule has 3 amide bonds.